The zero-order chi connectivity index (χ0) is 21.3. The van der Waals surface area contributed by atoms with Gasteiger partial charge in [-0.1, -0.05) is 65.4 Å². The Morgan fingerprint density at radius 3 is 2.47 bits per heavy atom. The van der Waals surface area contributed by atoms with Gasteiger partial charge in [-0.25, -0.2) is 0 Å². The average molecular weight is 449 g/mol. The van der Waals surface area contributed by atoms with Crippen LogP contribution in [0.4, 0.5) is 0 Å². The summed E-state index contributed by atoms with van der Waals surface area (Å²) in [5.74, 6) is 0. The Morgan fingerprint density at radius 2 is 1.73 bits per heavy atom. The summed E-state index contributed by atoms with van der Waals surface area (Å²) in [4.78, 5) is 0. The number of hydrogen-bond donors (Lipinski definition) is 4. The molecule has 0 bridgehead atoms. The van der Waals surface area contributed by atoms with Crippen molar-refractivity contribution in [2.45, 2.75) is 36.9 Å². The summed E-state index contributed by atoms with van der Waals surface area (Å²) < 4.78 is 5.65. The van der Waals surface area contributed by atoms with Crippen molar-refractivity contribution in [3.63, 3.8) is 0 Å². The summed E-state index contributed by atoms with van der Waals surface area (Å²) in [6.07, 6.45) is -5.62. The molecule has 4 N–H and O–H groups in total. The van der Waals surface area contributed by atoms with E-state index in [2.05, 4.69) is 10.2 Å². The molecule has 3 aromatic rings. The Bertz CT molecular complexity index is 1000. The lowest BCUT2D eigenvalue weighted by atomic mass is 9.90. The third kappa shape index (κ3) is 4.26. The second-order valence-electron chi connectivity index (χ2n) is 7.14. The van der Waals surface area contributed by atoms with E-state index in [-0.39, 0.29) is 0 Å². The summed E-state index contributed by atoms with van der Waals surface area (Å²) >= 11 is 7.85. The van der Waals surface area contributed by atoms with Crippen molar-refractivity contribution < 1.29 is 25.2 Å². The van der Waals surface area contributed by atoms with Gasteiger partial charge in [0, 0.05) is 17.0 Å². The maximum atomic E-state index is 10.4. The molecule has 7 nitrogen and oxygen atoms in total. The molecule has 1 aliphatic heterocycles. The van der Waals surface area contributed by atoms with Gasteiger partial charge < -0.3 is 25.2 Å². The van der Waals surface area contributed by atoms with E-state index in [0.29, 0.717) is 17.0 Å². The third-order valence-corrected chi connectivity index (χ3v) is 6.46. The Morgan fingerprint density at radius 1 is 0.967 bits per heavy atom. The number of aliphatic hydroxyl groups excluding tert-OH is 4. The maximum Gasteiger partial charge on any atom is 0.147 e. The fourth-order valence-corrected chi connectivity index (χ4v) is 4.52. The number of ether oxygens (including phenoxy) is 1. The standard InChI is InChI=1S/C21H21ClN2O5S/c22-14-7-6-12(20-19(28)18(27)17(26)15(10-25)29-20)8-13(14)9-16-23-24-21(30-16)11-4-2-1-3-5-11/h1-8,15,17-20,25-28H,9-10H2. The van der Waals surface area contributed by atoms with Gasteiger partial charge in [0.1, 0.15) is 40.5 Å². The van der Waals surface area contributed by atoms with E-state index in [9.17, 15) is 20.4 Å². The van der Waals surface area contributed by atoms with Crippen LogP contribution >= 0.6 is 22.9 Å². The smallest absolute Gasteiger partial charge is 0.147 e. The molecule has 0 saturated carbocycles. The van der Waals surface area contributed by atoms with Crippen molar-refractivity contribution in [2.75, 3.05) is 6.61 Å². The lowest BCUT2D eigenvalue weighted by Crippen LogP contribution is -2.55. The van der Waals surface area contributed by atoms with E-state index < -0.39 is 37.1 Å². The number of rotatable bonds is 5. The van der Waals surface area contributed by atoms with Crippen LogP contribution in [-0.4, -0.2) is 61.6 Å². The fraction of sp³-hybridized carbons (Fsp3) is 0.333. The predicted octanol–water partition coefficient (Wildman–Crippen LogP) is 1.96. The van der Waals surface area contributed by atoms with Gasteiger partial charge >= 0.3 is 0 Å². The molecule has 0 aliphatic carbocycles. The highest BCUT2D eigenvalue weighted by atomic mass is 35.5. The molecule has 5 unspecified atom stereocenters. The van der Waals surface area contributed by atoms with Gasteiger partial charge in [0.05, 0.1) is 6.61 Å². The minimum atomic E-state index is -1.43. The average Bonchev–Trinajstić information content (AvgIpc) is 3.23. The molecule has 1 aliphatic rings. The van der Waals surface area contributed by atoms with Crippen LogP contribution in [0.3, 0.4) is 0 Å². The van der Waals surface area contributed by atoms with Crippen molar-refractivity contribution in [2.24, 2.45) is 0 Å². The molecule has 1 fully saturated rings. The van der Waals surface area contributed by atoms with E-state index in [1.165, 1.54) is 11.3 Å². The van der Waals surface area contributed by atoms with Gasteiger partial charge in [0.25, 0.3) is 0 Å². The van der Waals surface area contributed by atoms with Crippen LogP contribution in [0.5, 0.6) is 0 Å². The Balaban J connectivity index is 1.57. The van der Waals surface area contributed by atoms with E-state index >= 15 is 0 Å². The van der Waals surface area contributed by atoms with Crippen molar-refractivity contribution in [1.82, 2.24) is 10.2 Å². The highest BCUT2D eigenvalue weighted by Gasteiger charge is 2.44. The maximum absolute atomic E-state index is 10.4. The quantitative estimate of drug-likeness (QED) is 0.471. The highest BCUT2D eigenvalue weighted by molar-refractivity contribution is 7.14. The topological polar surface area (TPSA) is 116 Å². The second kappa shape index (κ2) is 9.07. The number of nitrogens with zero attached hydrogens (tertiary/aromatic N) is 2. The summed E-state index contributed by atoms with van der Waals surface area (Å²) in [6.45, 7) is -0.477. The highest BCUT2D eigenvalue weighted by Crippen LogP contribution is 2.35. The molecule has 0 spiro atoms. The normalized spacial score (nSPS) is 26.6. The van der Waals surface area contributed by atoms with E-state index in [0.717, 1.165) is 21.1 Å². The number of aliphatic hydroxyl groups is 4. The molecule has 9 heteroatoms. The monoisotopic (exact) mass is 448 g/mol. The molecule has 0 radical (unpaired) electrons. The molecule has 4 rings (SSSR count). The van der Waals surface area contributed by atoms with Crippen LogP contribution in [0.2, 0.25) is 5.02 Å². The minimum absolute atomic E-state index is 0.439. The number of hydrogen-bond acceptors (Lipinski definition) is 8. The number of aromatic nitrogens is 2. The van der Waals surface area contributed by atoms with Crippen LogP contribution in [0.15, 0.2) is 48.5 Å². The third-order valence-electron chi connectivity index (χ3n) is 5.12. The summed E-state index contributed by atoms with van der Waals surface area (Å²) in [5.41, 5.74) is 2.34. The lowest BCUT2D eigenvalue weighted by Gasteiger charge is -2.40. The van der Waals surface area contributed by atoms with Gasteiger partial charge in [-0.3, -0.25) is 0 Å². The SMILES string of the molecule is OCC1OC(c2ccc(Cl)c(Cc3nnc(-c4ccccc4)s3)c2)C(O)C(O)C1O. The van der Waals surface area contributed by atoms with Gasteiger partial charge in [-0.2, -0.15) is 0 Å². The summed E-state index contributed by atoms with van der Waals surface area (Å²) in [6, 6.07) is 14.9. The molecular formula is C21H21ClN2O5S. The van der Waals surface area contributed by atoms with Crippen LogP contribution in [0.25, 0.3) is 10.6 Å². The van der Waals surface area contributed by atoms with Crippen molar-refractivity contribution in [1.29, 1.82) is 0 Å². The van der Waals surface area contributed by atoms with Crippen LogP contribution < -0.4 is 0 Å². The molecule has 158 valence electrons. The summed E-state index contributed by atoms with van der Waals surface area (Å²) in [5, 5.41) is 50.5. The lowest BCUT2D eigenvalue weighted by molar-refractivity contribution is -0.231. The molecule has 2 heterocycles. The zero-order valence-corrected chi connectivity index (χ0v) is 17.4. The number of benzene rings is 2. The molecular weight excluding hydrogens is 428 g/mol. The first-order chi connectivity index (χ1) is 14.5. The van der Waals surface area contributed by atoms with Gasteiger partial charge in [-0.15, -0.1) is 10.2 Å². The first-order valence-corrected chi connectivity index (χ1v) is 10.6. The van der Waals surface area contributed by atoms with Crippen molar-refractivity contribution in [3.8, 4) is 10.6 Å². The van der Waals surface area contributed by atoms with E-state index in [1.54, 1.807) is 18.2 Å². The van der Waals surface area contributed by atoms with Gasteiger partial charge in [0.2, 0.25) is 0 Å². The molecule has 30 heavy (non-hydrogen) atoms. The van der Waals surface area contributed by atoms with E-state index in [4.69, 9.17) is 16.3 Å². The van der Waals surface area contributed by atoms with Gasteiger partial charge in [-0.05, 0) is 17.2 Å². The Hall–Kier alpha value is -1.91. The van der Waals surface area contributed by atoms with Gasteiger partial charge in [0.15, 0.2) is 0 Å². The predicted molar refractivity (Wildman–Crippen MR) is 112 cm³/mol. The summed E-state index contributed by atoms with van der Waals surface area (Å²) in [7, 11) is 0. The first kappa shape index (κ1) is 21.3. The van der Waals surface area contributed by atoms with Crippen LogP contribution in [-0.2, 0) is 11.2 Å². The molecule has 1 saturated heterocycles. The molecule has 1 aromatic heterocycles. The first-order valence-electron chi connectivity index (χ1n) is 9.44. The fourth-order valence-electron chi connectivity index (χ4n) is 3.47. The van der Waals surface area contributed by atoms with E-state index in [1.807, 2.05) is 30.3 Å². The molecule has 0 amide bonds. The zero-order valence-electron chi connectivity index (χ0n) is 15.8. The molecule has 5 atom stereocenters. The number of halogens is 1. The Kier molecular flexibility index (Phi) is 6.45. The molecule has 2 aromatic carbocycles. The van der Waals surface area contributed by atoms with Crippen molar-refractivity contribution in [3.05, 3.63) is 69.7 Å². The van der Waals surface area contributed by atoms with Crippen LogP contribution in [0.1, 0.15) is 22.2 Å². The minimum Gasteiger partial charge on any atom is -0.394 e. The largest absolute Gasteiger partial charge is 0.394 e. The van der Waals surface area contributed by atoms with Crippen molar-refractivity contribution >= 4 is 22.9 Å². The van der Waals surface area contributed by atoms with Crippen LogP contribution in [0, 0.1) is 0 Å². The Labute approximate surface area is 182 Å². The second-order valence-corrected chi connectivity index (χ2v) is 8.61.